The van der Waals surface area contributed by atoms with Crippen molar-refractivity contribution in [1.82, 2.24) is 24.5 Å². The molecule has 4 rings (SSSR count). The van der Waals surface area contributed by atoms with E-state index in [-0.39, 0.29) is 0 Å². The van der Waals surface area contributed by atoms with Gasteiger partial charge in [-0.2, -0.15) is 0 Å². The maximum Gasteiger partial charge on any atom is 0.167 e. The molecule has 0 saturated carbocycles. The van der Waals surface area contributed by atoms with Gasteiger partial charge in [-0.3, -0.25) is 9.55 Å². The van der Waals surface area contributed by atoms with Crippen LogP contribution in [0.3, 0.4) is 0 Å². The van der Waals surface area contributed by atoms with Crippen LogP contribution in [0.1, 0.15) is 11.8 Å². The second-order valence-corrected chi connectivity index (χ2v) is 5.99. The Morgan fingerprint density at radius 1 is 1.19 bits per heavy atom. The van der Waals surface area contributed by atoms with Gasteiger partial charge < -0.3 is 25.4 Å². The van der Waals surface area contributed by atoms with Crippen molar-refractivity contribution in [2.75, 3.05) is 11.9 Å². The number of aliphatic hydroxyl groups is 3. The second-order valence-electron chi connectivity index (χ2n) is 5.99. The van der Waals surface area contributed by atoms with Crippen molar-refractivity contribution < 1.29 is 20.1 Å². The Labute approximate surface area is 148 Å². The topological polar surface area (TPSA) is 138 Å². The fraction of sp³-hybridized carbons (Fsp3) is 0.375. The molecule has 1 unspecified atom stereocenters. The molecule has 1 aliphatic rings. The summed E-state index contributed by atoms with van der Waals surface area (Å²) in [7, 11) is 0. The molecule has 0 spiro atoms. The van der Waals surface area contributed by atoms with Gasteiger partial charge in [-0.25, -0.2) is 15.0 Å². The molecule has 1 aliphatic heterocycles. The van der Waals surface area contributed by atoms with Crippen molar-refractivity contribution in [2.24, 2.45) is 0 Å². The van der Waals surface area contributed by atoms with Crippen LogP contribution >= 0.6 is 0 Å². The monoisotopic (exact) mass is 358 g/mol. The fourth-order valence-corrected chi connectivity index (χ4v) is 2.97. The number of aliphatic hydroxyl groups excluding tert-OH is 3. The lowest BCUT2D eigenvalue weighted by atomic mass is 10.1. The number of aromatic nitrogens is 5. The van der Waals surface area contributed by atoms with E-state index in [0.717, 1.165) is 5.56 Å². The second kappa shape index (κ2) is 6.92. The number of anilines is 1. The number of ether oxygens (including phenoxy) is 1. The van der Waals surface area contributed by atoms with Gasteiger partial charge in [0.15, 0.2) is 23.2 Å². The van der Waals surface area contributed by atoms with Crippen LogP contribution in [0.15, 0.2) is 37.2 Å². The number of pyridine rings is 1. The highest BCUT2D eigenvalue weighted by Gasteiger charge is 2.44. The number of fused-ring (bicyclic) bond motifs is 1. The molecule has 0 radical (unpaired) electrons. The maximum absolute atomic E-state index is 10.2. The van der Waals surface area contributed by atoms with E-state index in [1.54, 1.807) is 12.4 Å². The molecule has 10 heteroatoms. The predicted molar refractivity (Wildman–Crippen MR) is 89.9 cm³/mol. The summed E-state index contributed by atoms with van der Waals surface area (Å²) in [6, 6.07) is 3.79. The molecule has 26 heavy (non-hydrogen) atoms. The first-order valence-electron chi connectivity index (χ1n) is 8.12. The third-order valence-electron chi connectivity index (χ3n) is 4.33. The van der Waals surface area contributed by atoms with Crippen LogP contribution in [0.2, 0.25) is 0 Å². The summed E-state index contributed by atoms with van der Waals surface area (Å²) >= 11 is 0. The van der Waals surface area contributed by atoms with Crippen LogP contribution in [0, 0.1) is 0 Å². The summed E-state index contributed by atoms with van der Waals surface area (Å²) in [5.41, 5.74) is 1.94. The third-order valence-corrected chi connectivity index (χ3v) is 4.33. The van der Waals surface area contributed by atoms with E-state index in [0.29, 0.717) is 23.5 Å². The van der Waals surface area contributed by atoms with Crippen LogP contribution < -0.4 is 5.32 Å². The summed E-state index contributed by atoms with van der Waals surface area (Å²) < 4.78 is 7.06. The summed E-state index contributed by atoms with van der Waals surface area (Å²) in [4.78, 5) is 16.8. The van der Waals surface area contributed by atoms with Crippen LogP contribution in [0.25, 0.3) is 11.2 Å². The minimum Gasteiger partial charge on any atom is -0.394 e. The Hall–Kier alpha value is -2.66. The van der Waals surface area contributed by atoms with E-state index < -0.39 is 31.1 Å². The average Bonchev–Trinajstić information content (AvgIpc) is 3.23. The Bertz CT molecular complexity index is 889. The number of imidazole rings is 1. The highest BCUT2D eigenvalue weighted by atomic mass is 16.6. The van der Waals surface area contributed by atoms with Gasteiger partial charge in [0.1, 0.15) is 24.6 Å². The van der Waals surface area contributed by atoms with Gasteiger partial charge in [-0.05, 0) is 11.6 Å². The Morgan fingerprint density at radius 2 is 2.08 bits per heavy atom. The first-order valence-corrected chi connectivity index (χ1v) is 8.12. The largest absolute Gasteiger partial charge is 0.394 e. The predicted octanol–water partition coefficient (Wildman–Crippen LogP) is -0.555. The summed E-state index contributed by atoms with van der Waals surface area (Å²) in [6.45, 7) is 0.120. The molecule has 0 bridgehead atoms. The first-order chi connectivity index (χ1) is 12.7. The van der Waals surface area contributed by atoms with Crippen molar-refractivity contribution in [3.8, 4) is 0 Å². The lowest BCUT2D eigenvalue weighted by Gasteiger charge is -2.16. The summed E-state index contributed by atoms with van der Waals surface area (Å²) in [5, 5.41) is 32.6. The molecule has 3 aromatic rings. The highest BCUT2D eigenvalue weighted by Crippen LogP contribution is 2.32. The summed E-state index contributed by atoms with van der Waals surface area (Å²) in [5.74, 6) is 0.532. The molecule has 1 saturated heterocycles. The minimum atomic E-state index is -1.20. The van der Waals surface area contributed by atoms with Crippen molar-refractivity contribution in [2.45, 2.75) is 31.1 Å². The normalized spacial score (nSPS) is 25.7. The van der Waals surface area contributed by atoms with Crippen LogP contribution in [0.4, 0.5) is 5.82 Å². The fourth-order valence-electron chi connectivity index (χ4n) is 2.97. The summed E-state index contributed by atoms with van der Waals surface area (Å²) in [6.07, 6.45) is 2.16. The van der Waals surface area contributed by atoms with E-state index in [9.17, 15) is 15.3 Å². The van der Waals surface area contributed by atoms with Gasteiger partial charge in [-0.1, -0.05) is 6.07 Å². The zero-order chi connectivity index (χ0) is 18.1. The van der Waals surface area contributed by atoms with E-state index in [4.69, 9.17) is 4.74 Å². The number of hydrogen-bond acceptors (Lipinski definition) is 9. The average molecular weight is 358 g/mol. The number of hydrogen-bond donors (Lipinski definition) is 4. The lowest BCUT2D eigenvalue weighted by molar-refractivity contribution is -0.0511. The lowest BCUT2D eigenvalue weighted by Crippen LogP contribution is -2.33. The molecule has 0 aliphatic carbocycles. The van der Waals surface area contributed by atoms with Crippen molar-refractivity contribution >= 4 is 17.0 Å². The van der Waals surface area contributed by atoms with Crippen molar-refractivity contribution in [3.05, 3.63) is 42.7 Å². The maximum atomic E-state index is 10.2. The van der Waals surface area contributed by atoms with E-state index in [1.165, 1.54) is 17.2 Å². The van der Waals surface area contributed by atoms with Crippen LogP contribution in [0.5, 0.6) is 0 Å². The molecule has 136 valence electrons. The van der Waals surface area contributed by atoms with Gasteiger partial charge in [0.25, 0.3) is 0 Å². The zero-order valence-corrected chi connectivity index (χ0v) is 13.7. The van der Waals surface area contributed by atoms with E-state index in [1.807, 2.05) is 12.1 Å². The SMILES string of the molecule is OC[C@H]1OC(n2cnc3c(NCc4cccnc4)ncnc32)[C@H](O)[C@@H]1O. The van der Waals surface area contributed by atoms with Gasteiger partial charge in [0, 0.05) is 18.9 Å². The van der Waals surface area contributed by atoms with E-state index >= 15 is 0 Å². The third kappa shape index (κ3) is 2.88. The number of nitrogens with zero attached hydrogens (tertiary/aromatic N) is 5. The van der Waals surface area contributed by atoms with Crippen LogP contribution in [-0.4, -0.2) is 64.7 Å². The smallest absolute Gasteiger partial charge is 0.167 e. The van der Waals surface area contributed by atoms with Gasteiger partial charge in [0.05, 0.1) is 12.9 Å². The molecule has 1 fully saturated rings. The van der Waals surface area contributed by atoms with E-state index in [2.05, 4.69) is 25.3 Å². The Kier molecular flexibility index (Phi) is 4.47. The molecule has 0 aromatic carbocycles. The molecule has 3 aromatic heterocycles. The molecular formula is C16H18N6O4. The Morgan fingerprint density at radius 3 is 2.81 bits per heavy atom. The molecule has 4 N–H and O–H groups in total. The first kappa shape index (κ1) is 16.8. The quantitative estimate of drug-likeness (QED) is 0.473. The Balaban J connectivity index is 1.61. The molecule has 4 atom stereocenters. The van der Waals surface area contributed by atoms with Crippen LogP contribution in [-0.2, 0) is 11.3 Å². The minimum absolute atomic E-state index is 0.395. The number of rotatable bonds is 5. The standard InChI is InChI=1S/C16H18N6O4/c23-6-10-12(24)13(25)16(26-10)22-8-21-11-14(19-7-20-15(11)22)18-5-9-2-1-3-17-4-9/h1-4,7-8,10,12-13,16,23-25H,5-6H2,(H,18,19,20)/t10-,12-,13-,16?/m1/s1. The van der Waals surface area contributed by atoms with Gasteiger partial charge >= 0.3 is 0 Å². The van der Waals surface area contributed by atoms with Gasteiger partial charge in [0.2, 0.25) is 0 Å². The van der Waals surface area contributed by atoms with Crippen molar-refractivity contribution in [3.63, 3.8) is 0 Å². The highest BCUT2D eigenvalue weighted by molar-refractivity contribution is 5.82. The van der Waals surface area contributed by atoms with Gasteiger partial charge in [-0.15, -0.1) is 0 Å². The molecule has 0 amide bonds. The zero-order valence-electron chi connectivity index (χ0n) is 13.7. The molecule has 10 nitrogen and oxygen atoms in total. The molecule has 4 heterocycles. The number of nitrogens with one attached hydrogen (secondary N) is 1. The molecular weight excluding hydrogens is 340 g/mol. The van der Waals surface area contributed by atoms with Crippen molar-refractivity contribution in [1.29, 1.82) is 0 Å².